The van der Waals surface area contributed by atoms with E-state index in [0.717, 1.165) is 21.9 Å². The van der Waals surface area contributed by atoms with Gasteiger partial charge in [-0.2, -0.15) is 0 Å². The van der Waals surface area contributed by atoms with E-state index in [1.54, 1.807) is 7.11 Å². The van der Waals surface area contributed by atoms with Crippen LogP contribution in [0.3, 0.4) is 0 Å². The van der Waals surface area contributed by atoms with Crippen LogP contribution in [0.5, 0.6) is 5.75 Å². The van der Waals surface area contributed by atoms with E-state index in [0.29, 0.717) is 6.54 Å². The molecule has 0 unspecified atom stereocenters. The highest BCUT2D eigenvalue weighted by Crippen LogP contribution is 2.34. The van der Waals surface area contributed by atoms with Crippen molar-refractivity contribution >= 4 is 11.6 Å². The fraction of sp³-hybridized carbons (Fsp3) is 0.500. The standard InChI is InChI=1S/C12H18ClNO/c1-8-5-11(15-4)9(6-10(8)13)12(2,3)7-14/h5-6H,7,14H2,1-4H3. The Morgan fingerprint density at radius 1 is 1.40 bits per heavy atom. The molecule has 0 aliphatic carbocycles. The molecule has 1 aromatic rings. The third kappa shape index (κ3) is 2.44. The SMILES string of the molecule is COc1cc(C)c(Cl)cc1C(C)(C)CN. The van der Waals surface area contributed by atoms with Crippen LogP contribution in [0.2, 0.25) is 5.02 Å². The maximum absolute atomic E-state index is 6.11. The highest BCUT2D eigenvalue weighted by Gasteiger charge is 2.23. The van der Waals surface area contributed by atoms with Crippen molar-refractivity contribution in [2.75, 3.05) is 13.7 Å². The van der Waals surface area contributed by atoms with E-state index in [9.17, 15) is 0 Å². The molecule has 15 heavy (non-hydrogen) atoms. The van der Waals surface area contributed by atoms with Crippen molar-refractivity contribution in [3.05, 3.63) is 28.3 Å². The summed E-state index contributed by atoms with van der Waals surface area (Å²) < 4.78 is 5.36. The maximum Gasteiger partial charge on any atom is 0.123 e. The Morgan fingerprint density at radius 2 is 2.00 bits per heavy atom. The van der Waals surface area contributed by atoms with Crippen LogP contribution in [0.1, 0.15) is 25.0 Å². The van der Waals surface area contributed by atoms with Gasteiger partial charge in [0.05, 0.1) is 7.11 Å². The zero-order chi connectivity index (χ0) is 11.6. The predicted molar refractivity (Wildman–Crippen MR) is 64.8 cm³/mol. The average molecular weight is 228 g/mol. The number of methoxy groups -OCH3 is 1. The molecule has 1 aromatic carbocycles. The van der Waals surface area contributed by atoms with Crippen LogP contribution in [0.15, 0.2) is 12.1 Å². The average Bonchev–Trinajstić information content (AvgIpc) is 2.21. The predicted octanol–water partition coefficient (Wildman–Crippen LogP) is 2.89. The van der Waals surface area contributed by atoms with Crippen molar-refractivity contribution in [1.82, 2.24) is 0 Å². The van der Waals surface area contributed by atoms with Gasteiger partial charge in [-0.25, -0.2) is 0 Å². The molecular formula is C12H18ClNO. The molecule has 0 aliphatic rings. The number of benzene rings is 1. The van der Waals surface area contributed by atoms with Crippen molar-refractivity contribution in [1.29, 1.82) is 0 Å². The fourth-order valence-corrected chi connectivity index (χ4v) is 1.63. The largest absolute Gasteiger partial charge is 0.496 e. The van der Waals surface area contributed by atoms with Gasteiger partial charge in [0.15, 0.2) is 0 Å². The summed E-state index contributed by atoms with van der Waals surface area (Å²) in [6.07, 6.45) is 0. The maximum atomic E-state index is 6.11. The minimum Gasteiger partial charge on any atom is -0.496 e. The van der Waals surface area contributed by atoms with Crippen molar-refractivity contribution in [2.24, 2.45) is 5.73 Å². The van der Waals surface area contributed by atoms with Crippen molar-refractivity contribution in [3.63, 3.8) is 0 Å². The van der Waals surface area contributed by atoms with Gasteiger partial charge >= 0.3 is 0 Å². The molecule has 0 radical (unpaired) electrons. The number of hydrogen-bond acceptors (Lipinski definition) is 2. The Hall–Kier alpha value is -0.730. The molecule has 0 saturated carbocycles. The van der Waals surface area contributed by atoms with Gasteiger partial charge in [0.1, 0.15) is 5.75 Å². The van der Waals surface area contributed by atoms with Gasteiger partial charge in [-0.05, 0) is 24.6 Å². The number of halogens is 1. The van der Waals surface area contributed by atoms with Gasteiger partial charge in [0, 0.05) is 22.5 Å². The van der Waals surface area contributed by atoms with Gasteiger partial charge < -0.3 is 10.5 Å². The minimum atomic E-state index is -0.122. The summed E-state index contributed by atoms with van der Waals surface area (Å²) in [5, 5.41) is 0.757. The molecule has 84 valence electrons. The first-order valence-corrected chi connectivity index (χ1v) is 5.35. The Labute approximate surface area is 96.4 Å². The molecule has 0 aliphatic heterocycles. The van der Waals surface area contributed by atoms with Crippen LogP contribution in [-0.4, -0.2) is 13.7 Å². The normalized spacial score (nSPS) is 11.6. The lowest BCUT2D eigenvalue weighted by Crippen LogP contribution is -2.28. The molecule has 0 aromatic heterocycles. The lowest BCUT2D eigenvalue weighted by atomic mass is 9.83. The molecule has 2 N–H and O–H groups in total. The van der Waals surface area contributed by atoms with E-state index in [4.69, 9.17) is 22.1 Å². The minimum absolute atomic E-state index is 0.122. The van der Waals surface area contributed by atoms with E-state index < -0.39 is 0 Å². The number of nitrogens with two attached hydrogens (primary N) is 1. The van der Waals surface area contributed by atoms with E-state index in [2.05, 4.69) is 13.8 Å². The van der Waals surface area contributed by atoms with E-state index >= 15 is 0 Å². The Bertz CT molecular complexity index is 361. The van der Waals surface area contributed by atoms with Gasteiger partial charge in [-0.1, -0.05) is 25.4 Å². The fourth-order valence-electron chi connectivity index (χ4n) is 1.46. The number of aryl methyl sites for hydroxylation is 1. The second kappa shape index (κ2) is 4.42. The molecule has 0 fully saturated rings. The van der Waals surface area contributed by atoms with Crippen molar-refractivity contribution in [3.8, 4) is 5.75 Å². The van der Waals surface area contributed by atoms with Crippen molar-refractivity contribution in [2.45, 2.75) is 26.2 Å². The van der Waals surface area contributed by atoms with Crippen molar-refractivity contribution < 1.29 is 4.74 Å². The first-order valence-electron chi connectivity index (χ1n) is 4.97. The molecule has 0 spiro atoms. The van der Waals surface area contributed by atoms with Crippen LogP contribution in [0.25, 0.3) is 0 Å². The molecule has 3 heteroatoms. The summed E-state index contributed by atoms with van der Waals surface area (Å²) in [6, 6.07) is 3.90. The summed E-state index contributed by atoms with van der Waals surface area (Å²) in [5.41, 5.74) is 7.71. The van der Waals surface area contributed by atoms with Gasteiger partial charge in [0.25, 0.3) is 0 Å². The van der Waals surface area contributed by atoms with Gasteiger partial charge in [0.2, 0.25) is 0 Å². The Kier molecular flexibility index (Phi) is 3.63. The summed E-state index contributed by atoms with van der Waals surface area (Å²) in [6.45, 7) is 6.68. The third-order valence-electron chi connectivity index (χ3n) is 2.72. The second-order valence-electron chi connectivity index (χ2n) is 4.39. The summed E-state index contributed by atoms with van der Waals surface area (Å²) in [7, 11) is 1.67. The highest BCUT2D eigenvalue weighted by atomic mass is 35.5. The molecule has 0 saturated heterocycles. The van der Waals surface area contributed by atoms with E-state index in [1.807, 2.05) is 19.1 Å². The zero-order valence-corrected chi connectivity index (χ0v) is 10.5. The Morgan fingerprint density at radius 3 is 2.47 bits per heavy atom. The van der Waals surface area contributed by atoms with Crippen LogP contribution in [0.4, 0.5) is 0 Å². The lowest BCUT2D eigenvalue weighted by molar-refractivity contribution is 0.393. The summed E-state index contributed by atoms with van der Waals surface area (Å²) in [4.78, 5) is 0. The zero-order valence-electron chi connectivity index (χ0n) is 9.73. The second-order valence-corrected chi connectivity index (χ2v) is 4.80. The molecule has 1 rings (SSSR count). The van der Waals surface area contributed by atoms with Crippen LogP contribution < -0.4 is 10.5 Å². The molecule has 0 bridgehead atoms. The van der Waals surface area contributed by atoms with Crippen LogP contribution >= 0.6 is 11.6 Å². The molecule has 0 amide bonds. The van der Waals surface area contributed by atoms with E-state index in [1.165, 1.54) is 0 Å². The molecule has 2 nitrogen and oxygen atoms in total. The van der Waals surface area contributed by atoms with Crippen LogP contribution in [-0.2, 0) is 5.41 Å². The number of hydrogen-bond donors (Lipinski definition) is 1. The molecule has 0 heterocycles. The molecular weight excluding hydrogens is 210 g/mol. The number of rotatable bonds is 3. The third-order valence-corrected chi connectivity index (χ3v) is 3.13. The molecule has 0 atom stereocenters. The summed E-state index contributed by atoms with van der Waals surface area (Å²) in [5.74, 6) is 0.854. The van der Waals surface area contributed by atoms with Crippen LogP contribution in [0, 0.1) is 6.92 Å². The smallest absolute Gasteiger partial charge is 0.123 e. The number of ether oxygens (including phenoxy) is 1. The van der Waals surface area contributed by atoms with E-state index in [-0.39, 0.29) is 5.41 Å². The first kappa shape index (κ1) is 12.3. The monoisotopic (exact) mass is 227 g/mol. The van der Waals surface area contributed by atoms with Gasteiger partial charge in [-0.3, -0.25) is 0 Å². The quantitative estimate of drug-likeness (QED) is 0.862. The lowest BCUT2D eigenvalue weighted by Gasteiger charge is -2.26. The topological polar surface area (TPSA) is 35.2 Å². The first-order chi connectivity index (χ1) is 6.92. The highest BCUT2D eigenvalue weighted by molar-refractivity contribution is 6.31. The summed E-state index contributed by atoms with van der Waals surface area (Å²) >= 11 is 6.11. The van der Waals surface area contributed by atoms with Gasteiger partial charge in [-0.15, -0.1) is 0 Å². The Balaban J connectivity index is 3.34.